The number of terminal acetylenes is 1. The van der Waals surface area contributed by atoms with Crippen LogP contribution in [0.3, 0.4) is 0 Å². The molecule has 0 aromatic heterocycles. The zero-order valence-corrected chi connectivity index (χ0v) is 29.7. The van der Waals surface area contributed by atoms with E-state index in [1.165, 1.54) is 19.2 Å². The Labute approximate surface area is 300 Å². The number of carbonyl (C=O) groups is 1. The van der Waals surface area contributed by atoms with E-state index in [9.17, 15) is 15.2 Å². The molecule has 4 aromatic carbocycles. The van der Waals surface area contributed by atoms with Crippen LogP contribution < -0.4 is 23.7 Å². The fraction of sp³-hybridized carbons (Fsp3) is 0.289. The average molecular weight is 721 g/mol. The monoisotopic (exact) mass is 720 g/mol. The summed E-state index contributed by atoms with van der Waals surface area (Å²) < 4.78 is 34.9. The SMILES string of the molecule is C#CC(c1cc(C2COC(c3cc(OC)c(OC)c(OC)c3)C2)cc(OC)c1OCCSc1ccc(Cl)cc1)[N+](O)(O)C(=O)c1ccccc1. The zero-order valence-electron chi connectivity index (χ0n) is 28.1. The van der Waals surface area contributed by atoms with Gasteiger partial charge in [0.25, 0.3) is 0 Å². The molecule has 0 radical (unpaired) electrons. The van der Waals surface area contributed by atoms with Crippen molar-refractivity contribution in [1.82, 2.24) is 0 Å². The Bertz CT molecular complexity index is 1800. The van der Waals surface area contributed by atoms with Crippen LogP contribution in [0.5, 0.6) is 28.7 Å². The van der Waals surface area contributed by atoms with Crippen molar-refractivity contribution in [3.8, 4) is 41.1 Å². The molecule has 0 bridgehead atoms. The number of halogens is 1. The van der Waals surface area contributed by atoms with Gasteiger partial charge >= 0.3 is 5.91 Å². The molecule has 1 amide bonds. The molecule has 0 aliphatic carbocycles. The van der Waals surface area contributed by atoms with Crippen LogP contribution in [0.4, 0.5) is 0 Å². The molecular formula is C38H39ClNO9S+. The van der Waals surface area contributed by atoms with Crippen molar-refractivity contribution >= 4 is 29.3 Å². The van der Waals surface area contributed by atoms with Gasteiger partial charge in [0.1, 0.15) is 0 Å². The molecule has 5 rings (SSSR count). The van der Waals surface area contributed by atoms with Crippen molar-refractivity contribution in [2.24, 2.45) is 0 Å². The van der Waals surface area contributed by atoms with Crippen LogP contribution >= 0.6 is 23.4 Å². The molecule has 4 aromatic rings. The minimum absolute atomic E-state index is 0.0695. The molecule has 0 saturated carbocycles. The number of hydrogen-bond acceptors (Lipinski definition) is 10. The minimum atomic E-state index is -2.13. The maximum Gasteiger partial charge on any atom is 0.412 e. The third-order valence-electron chi connectivity index (χ3n) is 8.40. The first-order valence-corrected chi connectivity index (χ1v) is 17.1. The molecule has 262 valence electrons. The van der Waals surface area contributed by atoms with Crippen molar-refractivity contribution < 1.29 is 48.4 Å². The van der Waals surface area contributed by atoms with E-state index < -0.39 is 16.8 Å². The number of amides is 1. The van der Waals surface area contributed by atoms with E-state index in [2.05, 4.69) is 5.92 Å². The normalized spacial score (nSPS) is 16.3. The van der Waals surface area contributed by atoms with E-state index >= 15 is 0 Å². The lowest BCUT2D eigenvalue weighted by Crippen LogP contribution is -2.49. The lowest BCUT2D eigenvalue weighted by atomic mass is 9.90. The first kappa shape index (κ1) is 36.9. The molecule has 3 atom stereocenters. The highest BCUT2D eigenvalue weighted by molar-refractivity contribution is 7.99. The molecule has 50 heavy (non-hydrogen) atoms. The molecule has 1 fully saturated rings. The standard InChI is InChI=1S/C38H39ClNO9S/c1-6-31(40(42,43)38(41)24-10-8-7-9-11-24)30-18-25(19-33(44-2)36(30)48-16-17-50-29-14-12-28(39)13-15-29)27-22-32(49-23-27)26-20-34(45-3)37(47-5)35(21-26)46-4/h1,7-15,18-21,27,31-32,42-43H,16-17,22-23H2,2-5H3/q+1. The fourth-order valence-corrected chi connectivity index (χ4v) is 6.74. The molecule has 1 aliphatic heterocycles. The molecule has 1 saturated heterocycles. The number of hydrogen-bond donors (Lipinski definition) is 2. The Morgan fingerprint density at radius 2 is 1.54 bits per heavy atom. The molecule has 1 aliphatic rings. The Morgan fingerprint density at radius 1 is 0.920 bits per heavy atom. The molecule has 2 N–H and O–H groups in total. The Hall–Kier alpha value is -4.41. The number of carbonyl (C=O) groups excluding carboxylic acids is 1. The summed E-state index contributed by atoms with van der Waals surface area (Å²) >= 11 is 7.58. The maximum absolute atomic E-state index is 13.5. The molecule has 1 heterocycles. The van der Waals surface area contributed by atoms with Crippen LogP contribution in [0.1, 0.15) is 51.5 Å². The first-order chi connectivity index (χ1) is 24.1. The second kappa shape index (κ2) is 16.5. The Kier molecular flexibility index (Phi) is 12.2. The Morgan fingerprint density at radius 3 is 2.14 bits per heavy atom. The Balaban J connectivity index is 1.49. The number of ether oxygens (including phenoxy) is 6. The topological polar surface area (TPSA) is 113 Å². The van der Waals surface area contributed by atoms with Gasteiger partial charge in [-0.3, -0.25) is 0 Å². The molecule has 3 unspecified atom stereocenters. The van der Waals surface area contributed by atoms with E-state index in [1.807, 2.05) is 42.5 Å². The van der Waals surface area contributed by atoms with Crippen LogP contribution in [0.2, 0.25) is 5.02 Å². The minimum Gasteiger partial charge on any atom is -0.493 e. The second-order valence-corrected chi connectivity index (χ2v) is 13.0. The third kappa shape index (κ3) is 7.97. The van der Waals surface area contributed by atoms with Gasteiger partial charge in [0, 0.05) is 26.4 Å². The number of quaternary nitrogens is 1. The highest BCUT2D eigenvalue weighted by atomic mass is 35.5. The predicted molar refractivity (Wildman–Crippen MR) is 189 cm³/mol. The van der Waals surface area contributed by atoms with Gasteiger partial charge in [0.05, 0.1) is 58.9 Å². The number of benzene rings is 4. The quantitative estimate of drug-likeness (QED) is 0.0333. The summed E-state index contributed by atoms with van der Waals surface area (Å²) in [4.78, 5) is 12.4. The van der Waals surface area contributed by atoms with Crippen LogP contribution in [0.15, 0.2) is 83.8 Å². The smallest absolute Gasteiger partial charge is 0.412 e. The number of methoxy groups -OCH3 is 4. The molecule has 12 heteroatoms. The third-order valence-corrected chi connectivity index (χ3v) is 9.63. The highest BCUT2D eigenvalue weighted by Crippen LogP contribution is 2.47. The van der Waals surface area contributed by atoms with Crippen molar-refractivity contribution in [2.45, 2.75) is 29.4 Å². The molecular weight excluding hydrogens is 682 g/mol. The summed E-state index contributed by atoms with van der Waals surface area (Å²) in [6, 6.07) is 21.1. The summed E-state index contributed by atoms with van der Waals surface area (Å²) in [5.41, 5.74) is 1.86. The number of rotatable bonds is 14. The summed E-state index contributed by atoms with van der Waals surface area (Å²) in [7, 11) is 6.14. The van der Waals surface area contributed by atoms with Gasteiger partial charge < -0.3 is 28.4 Å². The van der Waals surface area contributed by atoms with E-state index in [0.717, 1.165) is 16.0 Å². The summed E-state index contributed by atoms with van der Waals surface area (Å²) in [6.45, 7) is 0.552. The second-order valence-electron chi connectivity index (χ2n) is 11.4. The first-order valence-electron chi connectivity index (χ1n) is 15.7. The van der Waals surface area contributed by atoms with Crippen LogP contribution in [-0.4, -0.2) is 68.5 Å². The van der Waals surface area contributed by atoms with Crippen LogP contribution in [-0.2, 0) is 4.74 Å². The van der Waals surface area contributed by atoms with Crippen LogP contribution in [0.25, 0.3) is 0 Å². The van der Waals surface area contributed by atoms with E-state index in [0.29, 0.717) is 46.8 Å². The van der Waals surface area contributed by atoms with Crippen LogP contribution in [0, 0.1) is 12.3 Å². The van der Waals surface area contributed by atoms with Gasteiger partial charge in [-0.2, -0.15) is 10.4 Å². The lowest BCUT2D eigenvalue weighted by molar-refractivity contribution is -1.20. The maximum atomic E-state index is 13.5. The average Bonchev–Trinajstić information content (AvgIpc) is 3.64. The zero-order chi connectivity index (χ0) is 35.8. The lowest BCUT2D eigenvalue weighted by Gasteiger charge is -2.27. The molecule has 10 nitrogen and oxygen atoms in total. The number of hydroxylamine groups is 4. The van der Waals surface area contributed by atoms with Gasteiger partial charge in [-0.1, -0.05) is 29.8 Å². The van der Waals surface area contributed by atoms with Crippen molar-refractivity contribution in [1.29, 1.82) is 0 Å². The van der Waals surface area contributed by atoms with Gasteiger partial charge in [-0.25, -0.2) is 4.79 Å². The number of thioether (sulfide) groups is 1. The van der Waals surface area contributed by atoms with Gasteiger partial charge in [0.15, 0.2) is 23.0 Å². The van der Waals surface area contributed by atoms with Crippen molar-refractivity contribution in [3.63, 3.8) is 0 Å². The summed E-state index contributed by atoms with van der Waals surface area (Å²) in [5, 5.41) is 23.4. The number of nitrogens with zero attached hydrogens (tertiary/aromatic N) is 1. The van der Waals surface area contributed by atoms with Gasteiger partial charge in [-0.15, -0.1) is 18.2 Å². The van der Waals surface area contributed by atoms with Gasteiger partial charge in [-0.05, 0) is 84.1 Å². The summed E-state index contributed by atoms with van der Waals surface area (Å²) in [6.07, 6.45) is 6.22. The molecule has 0 spiro atoms. The predicted octanol–water partition coefficient (Wildman–Crippen LogP) is 7.90. The van der Waals surface area contributed by atoms with E-state index in [4.69, 9.17) is 46.4 Å². The van der Waals surface area contributed by atoms with Crippen molar-refractivity contribution in [3.05, 3.63) is 106 Å². The fourth-order valence-electron chi connectivity index (χ4n) is 5.88. The van der Waals surface area contributed by atoms with E-state index in [1.54, 1.807) is 57.4 Å². The summed E-state index contributed by atoms with van der Waals surface area (Å²) in [5.74, 6) is 3.82. The highest BCUT2D eigenvalue weighted by Gasteiger charge is 2.47. The largest absolute Gasteiger partial charge is 0.493 e. The van der Waals surface area contributed by atoms with Crippen molar-refractivity contribution in [2.75, 3.05) is 47.4 Å². The van der Waals surface area contributed by atoms with Gasteiger partial charge in [0.2, 0.25) is 11.8 Å². The van der Waals surface area contributed by atoms with E-state index in [-0.39, 0.29) is 35.5 Å².